The van der Waals surface area contributed by atoms with Crippen LogP contribution < -0.4 is 0 Å². The fourth-order valence-electron chi connectivity index (χ4n) is 1.29. The Hall–Kier alpha value is -2.43. The second-order valence-corrected chi connectivity index (χ2v) is 3.24. The van der Waals surface area contributed by atoms with Crippen LogP contribution in [0.2, 0.25) is 0 Å². The highest BCUT2D eigenvalue weighted by molar-refractivity contribution is 6.48. The van der Waals surface area contributed by atoms with Gasteiger partial charge in [-0.15, -0.1) is 0 Å². The van der Waals surface area contributed by atoms with Gasteiger partial charge in [-0.2, -0.15) is 4.39 Å². The van der Waals surface area contributed by atoms with E-state index in [0.29, 0.717) is 0 Å². The van der Waals surface area contributed by atoms with Gasteiger partial charge in [0, 0.05) is 24.0 Å². The molecule has 0 saturated carbocycles. The van der Waals surface area contributed by atoms with Gasteiger partial charge in [0.2, 0.25) is 11.7 Å². The van der Waals surface area contributed by atoms with Crippen LogP contribution in [0.5, 0.6) is 0 Å². The van der Waals surface area contributed by atoms with Crippen molar-refractivity contribution in [3.05, 3.63) is 59.9 Å². The molecule has 0 saturated heterocycles. The van der Waals surface area contributed by atoms with Crippen LogP contribution in [0.1, 0.15) is 20.8 Å². The van der Waals surface area contributed by atoms with Gasteiger partial charge in [0.1, 0.15) is 5.69 Å². The number of halogens is 1. The Bertz CT molecular complexity index is 570. The summed E-state index contributed by atoms with van der Waals surface area (Å²) in [7, 11) is 0. The summed E-state index contributed by atoms with van der Waals surface area (Å²) in [6, 6.07) is 6.86. The second kappa shape index (κ2) is 4.61. The monoisotopic (exact) mass is 230 g/mol. The number of carbonyl (C=O) groups excluding carboxylic acids is 2. The SMILES string of the molecule is O=C(C(=O)c1ccccn1)c1ccnc(F)c1. The van der Waals surface area contributed by atoms with Crippen molar-refractivity contribution in [1.82, 2.24) is 9.97 Å². The maximum absolute atomic E-state index is 12.8. The van der Waals surface area contributed by atoms with Crippen LogP contribution in [0.3, 0.4) is 0 Å². The largest absolute Gasteiger partial charge is 0.285 e. The normalized spacial score (nSPS) is 9.94. The molecular weight excluding hydrogens is 223 g/mol. The van der Waals surface area contributed by atoms with Crippen LogP contribution in [0.4, 0.5) is 4.39 Å². The van der Waals surface area contributed by atoms with E-state index >= 15 is 0 Å². The molecule has 2 heterocycles. The Morgan fingerprint density at radius 3 is 2.47 bits per heavy atom. The molecule has 0 aliphatic heterocycles. The molecule has 0 atom stereocenters. The van der Waals surface area contributed by atoms with Crippen molar-refractivity contribution in [3.8, 4) is 0 Å². The van der Waals surface area contributed by atoms with Gasteiger partial charge < -0.3 is 0 Å². The van der Waals surface area contributed by atoms with E-state index in [9.17, 15) is 14.0 Å². The van der Waals surface area contributed by atoms with E-state index in [-0.39, 0.29) is 11.3 Å². The molecule has 2 rings (SSSR count). The van der Waals surface area contributed by atoms with Crippen LogP contribution in [0.25, 0.3) is 0 Å². The van der Waals surface area contributed by atoms with E-state index in [2.05, 4.69) is 9.97 Å². The summed E-state index contributed by atoms with van der Waals surface area (Å²) in [5.74, 6) is -2.37. The molecule has 2 aromatic heterocycles. The summed E-state index contributed by atoms with van der Waals surface area (Å²) < 4.78 is 12.8. The molecular formula is C12H7FN2O2. The summed E-state index contributed by atoms with van der Waals surface area (Å²) in [5.41, 5.74) is 0.00266. The number of nitrogens with zero attached hydrogens (tertiary/aromatic N) is 2. The van der Waals surface area contributed by atoms with Gasteiger partial charge in [-0.25, -0.2) is 4.98 Å². The standard InChI is InChI=1S/C12H7FN2O2/c13-10-7-8(4-6-15-10)11(16)12(17)9-3-1-2-5-14-9/h1-7H. The fourth-order valence-corrected chi connectivity index (χ4v) is 1.29. The smallest absolute Gasteiger partial charge is 0.251 e. The molecule has 0 amide bonds. The molecule has 0 radical (unpaired) electrons. The zero-order chi connectivity index (χ0) is 12.3. The van der Waals surface area contributed by atoms with E-state index in [1.54, 1.807) is 12.1 Å². The average Bonchev–Trinajstić information content (AvgIpc) is 2.38. The molecule has 0 unspecified atom stereocenters. The van der Waals surface area contributed by atoms with E-state index in [4.69, 9.17) is 0 Å². The summed E-state index contributed by atoms with van der Waals surface area (Å²) >= 11 is 0. The quantitative estimate of drug-likeness (QED) is 0.457. The van der Waals surface area contributed by atoms with Crippen molar-refractivity contribution < 1.29 is 14.0 Å². The first-order chi connectivity index (χ1) is 8.18. The van der Waals surface area contributed by atoms with E-state index in [0.717, 1.165) is 12.3 Å². The highest BCUT2D eigenvalue weighted by Gasteiger charge is 2.19. The third kappa shape index (κ3) is 2.39. The molecule has 0 aliphatic carbocycles. The molecule has 0 aliphatic rings. The van der Waals surface area contributed by atoms with Crippen LogP contribution in [0.15, 0.2) is 42.7 Å². The second-order valence-electron chi connectivity index (χ2n) is 3.24. The molecule has 0 bridgehead atoms. The topological polar surface area (TPSA) is 59.9 Å². The molecule has 0 aromatic carbocycles. The lowest BCUT2D eigenvalue weighted by Crippen LogP contribution is -2.16. The maximum atomic E-state index is 12.8. The lowest BCUT2D eigenvalue weighted by Gasteiger charge is -1.99. The Morgan fingerprint density at radius 2 is 1.82 bits per heavy atom. The highest BCUT2D eigenvalue weighted by atomic mass is 19.1. The van der Waals surface area contributed by atoms with Crippen molar-refractivity contribution in [2.45, 2.75) is 0 Å². The first-order valence-electron chi connectivity index (χ1n) is 4.80. The van der Waals surface area contributed by atoms with Crippen molar-refractivity contribution in [1.29, 1.82) is 0 Å². The van der Waals surface area contributed by atoms with Gasteiger partial charge >= 0.3 is 0 Å². The fraction of sp³-hybridized carbons (Fsp3) is 0. The Balaban J connectivity index is 2.30. The van der Waals surface area contributed by atoms with E-state index in [1.807, 2.05) is 0 Å². The maximum Gasteiger partial charge on any atom is 0.251 e. The highest BCUT2D eigenvalue weighted by Crippen LogP contribution is 2.06. The minimum absolute atomic E-state index is 0.0341. The van der Waals surface area contributed by atoms with Crippen LogP contribution in [-0.2, 0) is 0 Å². The molecule has 2 aromatic rings. The van der Waals surface area contributed by atoms with Crippen molar-refractivity contribution in [2.24, 2.45) is 0 Å². The van der Waals surface area contributed by atoms with Gasteiger partial charge in [0.15, 0.2) is 0 Å². The molecule has 17 heavy (non-hydrogen) atoms. The Kier molecular flexibility index (Phi) is 3.00. The summed E-state index contributed by atoms with van der Waals surface area (Å²) in [6.45, 7) is 0. The van der Waals surface area contributed by atoms with E-state index < -0.39 is 17.5 Å². The third-order valence-corrected chi connectivity index (χ3v) is 2.09. The number of hydrogen-bond donors (Lipinski definition) is 0. The predicted molar refractivity (Wildman–Crippen MR) is 57.1 cm³/mol. The summed E-state index contributed by atoms with van der Waals surface area (Å²) in [4.78, 5) is 30.5. The van der Waals surface area contributed by atoms with Gasteiger partial charge in [-0.3, -0.25) is 14.6 Å². The average molecular weight is 230 g/mol. The third-order valence-electron chi connectivity index (χ3n) is 2.09. The number of rotatable bonds is 3. The summed E-state index contributed by atoms with van der Waals surface area (Å²) in [5, 5.41) is 0. The molecule has 0 fully saturated rings. The number of hydrogen-bond acceptors (Lipinski definition) is 4. The van der Waals surface area contributed by atoms with E-state index in [1.165, 1.54) is 18.3 Å². The van der Waals surface area contributed by atoms with Crippen LogP contribution in [-0.4, -0.2) is 21.5 Å². The zero-order valence-electron chi connectivity index (χ0n) is 8.63. The Morgan fingerprint density at radius 1 is 1.00 bits per heavy atom. The summed E-state index contributed by atoms with van der Waals surface area (Å²) in [6.07, 6.45) is 2.54. The number of carbonyl (C=O) groups is 2. The number of pyridine rings is 2. The van der Waals surface area contributed by atoms with Crippen LogP contribution in [0, 0.1) is 5.95 Å². The minimum Gasteiger partial charge on any atom is -0.285 e. The molecule has 0 N–H and O–H groups in total. The molecule has 4 nitrogen and oxygen atoms in total. The minimum atomic E-state index is -0.801. The number of Topliss-reactive ketones (excluding diaryl/α,β-unsaturated/α-hetero) is 2. The van der Waals surface area contributed by atoms with Crippen LogP contribution >= 0.6 is 0 Å². The molecule has 0 spiro atoms. The lowest BCUT2D eigenvalue weighted by atomic mass is 10.1. The zero-order valence-corrected chi connectivity index (χ0v) is 8.63. The van der Waals surface area contributed by atoms with Gasteiger partial charge in [-0.1, -0.05) is 6.07 Å². The molecule has 84 valence electrons. The lowest BCUT2D eigenvalue weighted by molar-refractivity contribution is 0.0813. The van der Waals surface area contributed by atoms with Gasteiger partial charge in [0.25, 0.3) is 5.78 Å². The first kappa shape index (κ1) is 11.1. The molecule has 5 heteroatoms. The van der Waals surface area contributed by atoms with Crippen molar-refractivity contribution in [3.63, 3.8) is 0 Å². The van der Waals surface area contributed by atoms with Crippen molar-refractivity contribution >= 4 is 11.6 Å². The van der Waals surface area contributed by atoms with Gasteiger partial charge in [-0.05, 0) is 18.2 Å². The van der Waals surface area contributed by atoms with Gasteiger partial charge in [0.05, 0.1) is 0 Å². The van der Waals surface area contributed by atoms with Crippen molar-refractivity contribution in [2.75, 3.05) is 0 Å². The Labute approximate surface area is 96.1 Å². The predicted octanol–water partition coefficient (Wildman–Crippen LogP) is 1.68. The number of ketones is 2. The first-order valence-corrected chi connectivity index (χ1v) is 4.80. The number of aromatic nitrogens is 2.